The molecule has 0 amide bonds. The van der Waals surface area contributed by atoms with Gasteiger partial charge in [0.15, 0.2) is 0 Å². The normalized spacial score (nSPS) is 33.2. The van der Waals surface area contributed by atoms with Crippen LogP contribution in [0.1, 0.15) is 39.2 Å². The second-order valence-corrected chi connectivity index (χ2v) is 5.48. The molecule has 78 valence electrons. The summed E-state index contributed by atoms with van der Waals surface area (Å²) in [5.41, 5.74) is 0. The smallest absolute Gasteiger partial charge is 0.0632 e. The van der Waals surface area contributed by atoms with Gasteiger partial charge in [-0.05, 0) is 47.0 Å². The number of nitrogens with zero attached hydrogens (tertiary/aromatic N) is 2. The highest BCUT2D eigenvalue weighted by Crippen LogP contribution is 2.35. The van der Waals surface area contributed by atoms with Crippen LogP contribution in [0.25, 0.3) is 0 Å². The zero-order valence-corrected chi connectivity index (χ0v) is 10.4. The summed E-state index contributed by atoms with van der Waals surface area (Å²) >= 11 is 3.44. The molecule has 0 saturated heterocycles. The van der Waals surface area contributed by atoms with E-state index in [1.165, 1.54) is 19.3 Å². The number of hydrogen-bond donors (Lipinski definition) is 0. The molecule has 3 unspecified atom stereocenters. The highest BCUT2D eigenvalue weighted by atomic mass is 79.9. The van der Waals surface area contributed by atoms with Crippen LogP contribution in [-0.2, 0) is 0 Å². The van der Waals surface area contributed by atoms with Crippen molar-refractivity contribution in [2.75, 3.05) is 0 Å². The van der Waals surface area contributed by atoms with E-state index in [0.29, 0.717) is 6.04 Å². The molecule has 1 aromatic rings. The maximum atomic E-state index is 4.37. The van der Waals surface area contributed by atoms with Gasteiger partial charge in [-0.15, -0.1) is 0 Å². The highest BCUT2D eigenvalue weighted by molar-refractivity contribution is 9.10. The minimum Gasteiger partial charge on any atom is -0.269 e. The molecule has 1 aliphatic rings. The van der Waals surface area contributed by atoms with E-state index in [1.54, 1.807) is 0 Å². The lowest BCUT2D eigenvalue weighted by Gasteiger charge is -2.32. The predicted octanol–water partition coefficient (Wildman–Crippen LogP) is 3.64. The predicted molar refractivity (Wildman–Crippen MR) is 61.1 cm³/mol. The quantitative estimate of drug-likeness (QED) is 0.751. The van der Waals surface area contributed by atoms with Crippen molar-refractivity contribution in [1.29, 1.82) is 0 Å². The molecular formula is C11H17BrN2. The fourth-order valence-corrected chi connectivity index (χ4v) is 2.58. The van der Waals surface area contributed by atoms with Crippen LogP contribution in [0.15, 0.2) is 16.9 Å². The third-order valence-electron chi connectivity index (χ3n) is 3.51. The van der Waals surface area contributed by atoms with Crippen molar-refractivity contribution >= 4 is 15.9 Å². The van der Waals surface area contributed by atoms with E-state index in [0.717, 1.165) is 16.3 Å². The van der Waals surface area contributed by atoms with E-state index in [1.807, 2.05) is 6.20 Å². The Bertz CT molecular complexity index is 308. The van der Waals surface area contributed by atoms with Crippen molar-refractivity contribution in [3.63, 3.8) is 0 Å². The second-order valence-electron chi connectivity index (χ2n) is 4.56. The molecular weight excluding hydrogens is 240 g/mol. The average Bonchev–Trinajstić information content (AvgIpc) is 2.57. The minimum absolute atomic E-state index is 0.618. The van der Waals surface area contributed by atoms with Crippen molar-refractivity contribution < 1.29 is 0 Å². The van der Waals surface area contributed by atoms with Gasteiger partial charge in [0.05, 0.1) is 16.7 Å². The van der Waals surface area contributed by atoms with Crippen LogP contribution >= 0.6 is 15.9 Å². The second kappa shape index (κ2) is 4.05. The van der Waals surface area contributed by atoms with E-state index in [4.69, 9.17) is 0 Å². The van der Waals surface area contributed by atoms with Gasteiger partial charge in [-0.2, -0.15) is 5.10 Å². The summed E-state index contributed by atoms with van der Waals surface area (Å²) < 4.78 is 3.20. The van der Waals surface area contributed by atoms with Gasteiger partial charge in [0, 0.05) is 6.20 Å². The van der Waals surface area contributed by atoms with Crippen molar-refractivity contribution in [2.45, 2.75) is 39.2 Å². The molecule has 1 saturated carbocycles. The van der Waals surface area contributed by atoms with Gasteiger partial charge in [0.25, 0.3) is 0 Å². The van der Waals surface area contributed by atoms with Crippen LogP contribution in [0.4, 0.5) is 0 Å². The van der Waals surface area contributed by atoms with Crippen molar-refractivity contribution in [3.8, 4) is 0 Å². The molecule has 0 radical (unpaired) electrons. The first kappa shape index (κ1) is 10.2. The standard InChI is InChI=1S/C11H17BrN2/c1-8-3-4-11(5-9(8)2)14-7-10(12)6-13-14/h6-9,11H,3-5H2,1-2H3. The van der Waals surface area contributed by atoms with Crippen LogP contribution in [0.5, 0.6) is 0 Å². The average molecular weight is 257 g/mol. The van der Waals surface area contributed by atoms with Crippen LogP contribution in [0, 0.1) is 11.8 Å². The molecule has 3 atom stereocenters. The number of aromatic nitrogens is 2. The largest absolute Gasteiger partial charge is 0.269 e. The molecule has 0 aliphatic heterocycles. The molecule has 1 aromatic heterocycles. The Morgan fingerprint density at radius 1 is 1.36 bits per heavy atom. The summed E-state index contributed by atoms with van der Waals surface area (Å²) in [4.78, 5) is 0. The van der Waals surface area contributed by atoms with Crippen LogP contribution in [-0.4, -0.2) is 9.78 Å². The summed E-state index contributed by atoms with van der Waals surface area (Å²) in [6.45, 7) is 4.72. The third kappa shape index (κ3) is 2.02. The molecule has 0 spiro atoms. The Hall–Kier alpha value is -0.310. The van der Waals surface area contributed by atoms with Crippen molar-refractivity contribution in [3.05, 3.63) is 16.9 Å². The molecule has 0 aromatic carbocycles. The molecule has 2 rings (SSSR count). The molecule has 3 heteroatoms. The fraction of sp³-hybridized carbons (Fsp3) is 0.727. The maximum absolute atomic E-state index is 4.37. The Kier molecular flexibility index (Phi) is 2.96. The zero-order chi connectivity index (χ0) is 10.1. The lowest BCUT2D eigenvalue weighted by atomic mass is 9.79. The lowest BCUT2D eigenvalue weighted by Crippen LogP contribution is -2.23. The Balaban J connectivity index is 2.06. The summed E-state index contributed by atoms with van der Waals surface area (Å²) in [6, 6.07) is 0.618. The van der Waals surface area contributed by atoms with Gasteiger partial charge in [-0.25, -0.2) is 0 Å². The van der Waals surface area contributed by atoms with Gasteiger partial charge in [-0.3, -0.25) is 4.68 Å². The SMILES string of the molecule is CC1CCC(n2cc(Br)cn2)CC1C. The first-order chi connectivity index (χ1) is 6.66. The fourth-order valence-electron chi connectivity index (χ4n) is 2.27. The van der Waals surface area contributed by atoms with Crippen LogP contribution in [0.2, 0.25) is 0 Å². The Labute approximate surface area is 93.8 Å². The zero-order valence-electron chi connectivity index (χ0n) is 8.78. The van der Waals surface area contributed by atoms with Gasteiger partial charge >= 0.3 is 0 Å². The third-order valence-corrected chi connectivity index (χ3v) is 3.92. The molecule has 14 heavy (non-hydrogen) atoms. The van der Waals surface area contributed by atoms with Gasteiger partial charge < -0.3 is 0 Å². The molecule has 0 N–H and O–H groups in total. The summed E-state index contributed by atoms with van der Waals surface area (Å²) in [5, 5.41) is 4.37. The highest BCUT2D eigenvalue weighted by Gasteiger charge is 2.25. The topological polar surface area (TPSA) is 17.8 Å². The monoisotopic (exact) mass is 256 g/mol. The summed E-state index contributed by atoms with van der Waals surface area (Å²) in [5.74, 6) is 1.71. The van der Waals surface area contributed by atoms with Crippen molar-refractivity contribution in [1.82, 2.24) is 9.78 Å². The van der Waals surface area contributed by atoms with E-state index < -0.39 is 0 Å². The van der Waals surface area contributed by atoms with Crippen molar-refractivity contribution in [2.24, 2.45) is 11.8 Å². The van der Waals surface area contributed by atoms with E-state index in [9.17, 15) is 0 Å². The molecule has 1 aliphatic carbocycles. The van der Waals surface area contributed by atoms with E-state index >= 15 is 0 Å². The first-order valence-electron chi connectivity index (χ1n) is 5.36. The molecule has 1 fully saturated rings. The molecule has 2 nitrogen and oxygen atoms in total. The van der Waals surface area contributed by atoms with Gasteiger partial charge in [0.1, 0.15) is 0 Å². The lowest BCUT2D eigenvalue weighted by molar-refractivity contribution is 0.201. The Morgan fingerprint density at radius 3 is 2.71 bits per heavy atom. The number of hydrogen-bond acceptors (Lipinski definition) is 1. The maximum Gasteiger partial charge on any atom is 0.0632 e. The molecule has 1 heterocycles. The van der Waals surface area contributed by atoms with Gasteiger partial charge in [-0.1, -0.05) is 13.8 Å². The summed E-state index contributed by atoms with van der Waals surface area (Å²) in [6.07, 6.45) is 7.86. The van der Waals surface area contributed by atoms with Crippen LogP contribution < -0.4 is 0 Å². The minimum atomic E-state index is 0.618. The Morgan fingerprint density at radius 2 is 2.14 bits per heavy atom. The summed E-state index contributed by atoms with van der Waals surface area (Å²) in [7, 11) is 0. The first-order valence-corrected chi connectivity index (χ1v) is 6.15. The van der Waals surface area contributed by atoms with E-state index in [2.05, 4.69) is 45.8 Å². The molecule has 0 bridgehead atoms. The van der Waals surface area contributed by atoms with E-state index in [-0.39, 0.29) is 0 Å². The number of rotatable bonds is 1. The van der Waals surface area contributed by atoms with Crippen LogP contribution in [0.3, 0.4) is 0 Å². The number of halogens is 1. The van der Waals surface area contributed by atoms with Gasteiger partial charge in [0.2, 0.25) is 0 Å².